The van der Waals surface area contributed by atoms with E-state index in [2.05, 4.69) is 0 Å². The first-order chi connectivity index (χ1) is 8.59. The van der Waals surface area contributed by atoms with E-state index >= 15 is 0 Å². The Labute approximate surface area is 103 Å². The minimum Gasteiger partial charge on any atom is -0.549 e. The topological polar surface area (TPSA) is 80.3 Å². The van der Waals surface area contributed by atoms with Crippen LogP contribution in [0.5, 0.6) is 0 Å². The van der Waals surface area contributed by atoms with E-state index in [1.165, 1.54) is 0 Å². The fourth-order valence-corrected chi connectivity index (χ4v) is 1.95. The maximum absolute atomic E-state index is 10.7. The van der Waals surface area contributed by atoms with E-state index < -0.39 is 17.9 Å². The Morgan fingerprint density at radius 1 is 0.944 bits per heavy atom. The fraction of sp³-hybridized carbons (Fsp3) is 0.143. The second kappa shape index (κ2) is 4.87. The first-order valence-corrected chi connectivity index (χ1v) is 5.48. The SMILES string of the molecule is O=C([O-])C(Cc1cccc2ccccc12)C(=O)[O-]. The van der Waals surface area contributed by atoms with Gasteiger partial charge in [-0.05, 0) is 22.8 Å². The Bertz CT molecular complexity index is 584. The number of benzene rings is 2. The molecule has 0 amide bonds. The van der Waals surface area contributed by atoms with Crippen molar-refractivity contribution >= 4 is 22.7 Å². The van der Waals surface area contributed by atoms with Crippen LogP contribution in [0.4, 0.5) is 0 Å². The van der Waals surface area contributed by atoms with Crippen LogP contribution in [0.2, 0.25) is 0 Å². The lowest BCUT2D eigenvalue weighted by Gasteiger charge is -2.19. The van der Waals surface area contributed by atoms with Crippen LogP contribution in [0.25, 0.3) is 10.8 Å². The summed E-state index contributed by atoms with van der Waals surface area (Å²) in [7, 11) is 0. The maximum atomic E-state index is 10.7. The van der Waals surface area contributed by atoms with Gasteiger partial charge in [-0.15, -0.1) is 0 Å². The first kappa shape index (κ1) is 12.1. The molecule has 0 radical (unpaired) electrons. The van der Waals surface area contributed by atoms with Gasteiger partial charge in [0.15, 0.2) is 0 Å². The summed E-state index contributed by atoms with van der Waals surface area (Å²) >= 11 is 0. The molecule has 2 rings (SSSR count). The van der Waals surface area contributed by atoms with Gasteiger partial charge in [0.2, 0.25) is 0 Å². The first-order valence-electron chi connectivity index (χ1n) is 5.48. The molecule has 0 aliphatic heterocycles. The van der Waals surface area contributed by atoms with E-state index in [1.54, 1.807) is 12.1 Å². The van der Waals surface area contributed by atoms with Crippen molar-refractivity contribution in [1.29, 1.82) is 0 Å². The minimum atomic E-state index is -1.63. The highest BCUT2D eigenvalue weighted by atomic mass is 16.4. The number of carboxylic acids is 2. The van der Waals surface area contributed by atoms with Crippen molar-refractivity contribution in [3.63, 3.8) is 0 Å². The van der Waals surface area contributed by atoms with Gasteiger partial charge in [0.05, 0.1) is 11.9 Å². The highest BCUT2D eigenvalue weighted by molar-refractivity contribution is 5.92. The largest absolute Gasteiger partial charge is 0.549 e. The summed E-state index contributed by atoms with van der Waals surface area (Å²) in [4.78, 5) is 21.5. The third-order valence-corrected chi connectivity index (χ3v) is 2.87. The Balaban J connectivity index is 2.42. The molecule has 0 saturated carbocycles. The highest BCUT2D eigenvalue weighted by Crippen LogP contribution is 2.21. The lowest BCUT2D eigenvalue weighted by Crippen LogP contribution is -2.44. The van der Waals surface area contributed by atoms with E-state index in [0.717, 1.165) is 10.8 Å². The number of aliphatic carboxylic acids is 2. The van der Waals surface area contributed by atoms with Crippen LogP contribution in [0.1, 0.15) is 5.56 Å². The van der Waals surface area contributed by atoms with Crippen LogP contribution in [0, 0.1) is 5.92 Å². The van der Waals surface area contributed by atoms with E-state index in [1.807, 2.05) is 30.3 Å². The average molecular weight is 242 g/mol. The number of fused-ring (bicyclic) bond motifs is 1. The van der Waals surface area contributed by atoms with Crippen molar-refractivity contribution in [1.82, 2.24) is 0 Å². The molecule has 0 fully saturated rings. The molecule has 0 aliphatic carbocycles. The molecule has 0 bridgehead atoms. The summed E-state index contributed by atoms with van der Waals surface area (Å²) in [6.45, 7) is 0. The summed E-state index contributed by atoms with van der Waals surface area (Å²) in [6, 6.07) is 12.7. The lowest BCUT2D eigenvalue weighted by molar-refractivity contribution is -0.331. The van der Waals surface area contributed by atoms with Crippen molar-refractivity contribution in [3.05, 3.63) is 48.0 Å². The van der Waals surface area contributed by atoms with Crippen molar-refractivity contribution in [2.75, 3.05) is 0 Å². The summed E-state index contributed by atoms with van der Waals surface area (Å²) in [5.41, 5.74) is 0.659. The molecule has 0 spiro atoms. The quantitative estimate of drug-likeness (QED) is 0.677. The van der Waals surface area contributed by atoms with Gasteiger partial charge in [0.25, 0.3) is 0 Å². The van der Waals surface area contributed by atoms with Gasteiger partial charge in [-0.3, -0.25) is 0 Å². The molecule has 0 heterocycles. The molecule has 92 valence electrons. The van der Waals surface area contributed by atoms with E-state index in [9.17, 15) is 19.8 Å². The smallest absolute Gasteiger partial charge is 0.0504 e. The van der Waals surface area contributed by atoms with Crippen LogP contribution in [0.15, 0.2) is 42.5 Å². The molecule has 0 aromatic heterocycles. The van der Waals surface area contributed by atoms with Crippen molar-refractivity contribution in [2.45, 2.75) is 6.42 Å². The van der Waals surface area contributed by atoms with Crippen molar-refractivity contribution in [2.24, 2.45) is 5.92 Å². The zero-order valence-electron chi connectivity index (χ0n) is 9.46. The molecule has 0 N–H and O–H groups in total. The summed E-state index contributed by atoms with van der Waals surface area (Å²) in [6.07, 6.45) is -0.133. The van der Waals surface area contributed by atoms with Crippen LogP contribution >= 0.6 is 0 Å². The number of hydrogen-bond donors (Lipinski definition) is 0. The zero-order valence-corrected chi connectivity index (χ0v) is 9.46. The highest BCUT2D eigenvalue weighted by Gasteiger charge is 2.13. The molecule has 0 unspecified atom stereocenters. The predicted molar refractivity (Wildman–Crippen MR) is 61.2 cm³/mol. The van der Waals surface area contributed by atoms with Gasteiger partial charge < -0.3 is 19.8 Å². The predicted octanol–water partition coefficient (Wildman–Crippen LogP) is -0.502. The monoisotopic (exact) mass is 242 g/mol. The van der Waals surface area contributed by atoms with Crippen LogP contribution in [-0.2, 0) is 16.0 Å². The summed E-state index contributed by atoms with van der Waals surface area (Å²) in [5, 5.41) is 23.3. The van der Waals surface area contributed by atoms with Crippen LogP contribution < -0.4 is 10.2 Å². The Kier molecular flexibility index (Phi) is 3.28. The second-order valence-corrected chi connectivity index (χ2v) is 4.03. The molecular formula is C14H10O4-2. The number of carbonyl (C=O) groups excluding carboxylic acids is 2. The fourth-order valence-electron chi connectivity index (χ4n) is 1.95. The van der Waals surface area contributed by atoms with Gasteiger partial charge in [-0.25, -0.2) is 0 Å². The van der Waals surface area contributed by atoms with Crippen molar-refractivity contribution < 1.29 is 19.8 Å². The second-order valence-electron chi connectivity index (χ2n) is 4.03. The molecule has 4 heteroatoms. The molecule has 2 aromatic carbocycles. The molecule has 2 aromatic rings. The van der Waals surface area contributed by atoms with E-state index in [0.29, 0.717) is 5.56 Å². The van der Waals surface area contributed by atoms with Gasteiger partial charge in [-0.1, -0.05) is 42.5 Å². The molecule has 0 atom stereocenters. The standard InChI is InChI=1S/C14H12O4/c15-13(16)12(14(17)18)8-10-6-3-5-9-4-1-2-7-11(9)10/h1-7,12H,8H2,(H,15,16)(H,17,18)/p-2. The van der Waals surface area contributed by atoms with E-state index in [4.69, 9.17) is 0 Å². The van der Waals surface area contributed by atoms with E-state index in [-0.39, 0.29) is 6.42 Å². The number of carbonyl (C=O) groups is 2. The molecule has 4 nitrogen and oxygen atoms in total. The third kappa shape index (κ3) is 2.32. The molecule has 0 aliphatic rings. The number of carboxylic acid groups (broad SMARTS) is 2. The lowest BCUT2D eigenvalue weighted by atomic mass is 9.95. The van der Waals surface area contributed by atoms with Gasteiger partial charge >= 0.3 is 0 Å². The Morgan fingerprint density at radius 2 is 1.56 bits per heavy atom. The Hall–Kier alpha value is -2.36. The van der Waals surface area contributed by atoms with Crippen LogP contribution in [0.3, 0.4) is 0 Å². The molecule has 18 heavy (non-hydrogen) atoms. The van der Waals surface area contributed by atoms with Gasteiger partial charge in [0.1, 0.15) is 0 Å². The third-order valence-electron chi connectivity index (χ3n) is 2.87. The minimum absolute atomic E-state index is 0.133. The summed E-state index contributed by atoms with van der Waals surface area (Å²) in [5.74, 6) is -4.87. The maximum Gasteiger partial charge on any atom is 0.0504 e. The van der Waals surface area contributed by atoms with Gasteiger partial charge in [0, 0.05) is 5.92 Å². The number of rotatable bonds is 4. The Morgan fingerprint density at radius 3 is 2.22 bits per heavy atom. The summed E-state index contributed by atoms with van der Waals surface area (Å²) < 4.78 is 0. The van der Waals surface area contributed by atoms with Crippen LogP contribution in [-0.4, -0.2) is 11.9 Å². The number of hydrogen-bond acceptors (Lipinski definition) is 4. The normalized spacial score (nSPS) is 10.7. The molecule has 0 saturated heterocycles. The van der Waals surface area contributed by atoms with Crippen molar-refractivity contribution in [3.8, 4) is 0 Å². The average Bonchev–Trinajstić information content (AvgIpc) is 2.35. The van der Waals surface area contributed by atoms with Gasteiger partial charge in [-0.2, -0.15) is 0 Å². The zero-order chi connectivity index (χ0) is 13.1. The molecular weight excluding hydrogens is 232 g/mol.